The van der Waals surface area contributed by atoms with Gasteiger partial charge in [0.05, 0.1) is 12.0 Å². The van der Waals surface area contributed by atoms with Crippen molar-refractivity contribution in [3.63, 3.8) is 0 Å². The number of hydrogen-bond acceptors (Lipinski definition) is 6. The average Bonchev–Trinajstić information content (AvgIpc) is 2.98. The van der Waals surface area contributed by atoms with Crippen LogP contribution in [0.1, 0.15) is 0 Å². The van der Waals surface area contributed by atoms with E-state index in [0.29, 0.717) is 40.0 Å². The van der Waals surface area contributed by atoms with E-state index >= 15 is 0 Å². The summed E-state index contributed by atoms with van der Waals surface area (Å²) in [6.45, 7) is 0.335. The first kappa shape index (κ1) is 14.9. The predicted octanol–water partition coefficient (Wildman–Crippen LogP) is 3.50. The summed E-state index contributed by atoms with van der Waals surface area (Å²) >= 11 is 6.08. The smallest absolute Gasteiger partial charge is 0.229 e. The number of rotatable bonds is 4. The number of benzene rings is 1. The van der Waals surface area contributed by atoms with Gasteiger partial charge in [0.1, 0.15) is 5.52 Å². The van der Waals surface area contributed by atoms with Crippen molar-refractivity contribution in [2.45, 2.75) is 0 Å². The standard InChI is InChI=1S/C17H13ClN4O2/c18-11-4-1-3-10(9-11)15-21-13-12-5-2-6-20-17(12)24-14(13)16(22-15)19-7-8-23/h1-6,9,23H,7-8H2,(H,19,21,22). The highest BCUT2D eigenvalue weighted by atomic mass is 35.5. The van der Waals surface area contributed by atoms with Crippen LogP contribution < -0.4 is 5.32 Å². The van der Waals surface area contributed by atoms with Crippen molar-refractivity contribution < 1.29 is 9.52 Å². The first-order valence-corrected chi connectivity index (χ1v) is 7.80. The van der Waals surface area contributed by atoms with Crippen molar-refractivity contribution in [3.05, 3.63) is 47.6 Å². The first-order chi connectivity index (χ1) is 11.8. The Morgan fingerprint density at radius 3 is 2.92 bits per heavy atom. The number of nitrogens with one attached hydrogen (secondary N) is 1. The minimum atomic E-state index is -0.0174. The average molecular weight is 341 g/mol. The number of hydrogen-bond donors (Lipinski definition) is 2. The highest BCUT2D eigenvalue weighted by Gasteiger charge is 2.17. The number of pyridine rings is 1. The summed E-state index contributed by atoms with van der Waals surface area (Å²) in [6, 6.07) is 11.1. The first-order valence-electron chi connectivity index (χ1n) is 7.42. The zero-order valence-electron chi connectivity index (χ0n) is 12.5. The lowest BCUT2D eigenvalue weighted by Crippen LogP contribution is -2.08. The molecule has 0 saturated heterocycles. The number of furan rings is 1. The van der Waals surface area contributed by atoms with Crippen molar-refractivity contribution in [2.24, 2.45) is 0 Å². The molecule has 0 bridgehead atoms. The maximum absolute atomic E-state index is 9.10. The number of fused-ring (bicyclic) bond motifs is 3. The third-order valence-corrected chi connectivity index (χ3v) is 3.81. The molecule has 2 N–H and O–H groups in total. The molecule has 24 heavy (non-hydrogen) atoms. The van der Waals surface area contributed by atoms with Gasteiger partial charge in [0.15, 0.2) is 17.2 Å². The molecule has 0 atom stereocenters. The van der Waals surface area contributed by atoms with Crippen LogP contribution in [0, 0.1) is 0 Å². The zero-order chi connectivity index (χ0) is 16.5. The maximum atomic E-state index is 9.10. The van der Waals surface area contributed by atoms with Gasteiger partial charge in [0.25, 0.3) is 0 Å². The van der Waals surface area contributed by atoms with Gasteiger partial charge >= 0.3 is 0 Å². The minimum Gasteiger partial charge on any atom is -0.432 e. The Kier molecular flexibility index (Phi) is 3.76. The molecular weight excluding hydrogens is 328 g/mol. The van der Waals surface area contributed by atoms with E-state index in [1.807, 2.05) is 24.3 Å². The van der Waals surface area contributed by atoms with E-state index in [1.54, 1.807) is 18.3 Å². The molecule has 7 heteroatoms. The van der Waals surface area contributed by atoms with Gasteiger partial charge in [-0.15, -0.1) is 0 Å². The Bertz CT molecular complexity index is 1030. The van der Waals surface area contributed by atoms with Crippen molar-refractivity contribution in [2.75, 3.05) is 18.5 Å². The van der Waals surface area contributed by atoms with Crippen LogP contribution in [-0.4, -0.2) is 33.2 Å². The quantitative estimate of drug-likeness (QED) is 0.591. The molecule has 0 aliphatic heterocycles. The summed E-state index contributed by atoms with van der Waals surface area (Å²) in [6.07, 6.45) is 1.66. The van der Waals surface area contributed by atoms with E-state index in [2.05, 4.69) is 20.3 Å². The second kappa shape index (κ2) is 6.07. The van der Waals surface area contributed by atoms with E-state index in [-0.39, 0.29) is 6.61 Å². The fourth-order valence-electron chi connectivity index (χ4n) is 2.53. The molecule has 1 aromatic carbocycles. The summed E-state index contributed by atoms with van der Waals surface area (Å²) in [5.41, 5.74) is 2.48. The van der Waals surface area contributed by atoms with Crippen LogP contribution in [0.3, 0.4) is 0 Å². The Labute approximate surface area is 142 Å². The number of halogens is 1. The monoisotopic (exact) mass is 340 g/mol. The van der Waals surface area contributed by atoms with Gasteiger partial charge in [-0.2, -0.15) is 0 Å². The number of aromatic nitrogens is 3. The molecule has 3 aromatic heterocycles. The van der Waals surface area contributed by atoms with Crippen LogP contribution in [0.15, 0.2) is 47.0 Å². The molecule has 120 valence electrons. The summed E-state index contributed by atoms with van der Waals surface area (Å²) in [4.78, 5) is 13.4. The van der Waals surface area contributed by atoms with E-state index in [9.17, 15) is 0 Å². The lowest BCUT2D eigenvalue weighted by Gasteiger charge is -2.07. The molecule has 0 aliphatic carbocycles. The maximum Gasteiger partial charge on any atom is 0.229 e. The van der Waals surface area contributed by atoms with Crippen molar-refractivity contribution >= 4 is 39.6 Å². The van der Waals surface area contributed by atoms with Crippen LogP contribution in [0.2, 0.25) is 5.02 Å². The van der Waals surface area contributed by atoms with Gasteiger partial charge in [0.2, 0.25) is 5.71 Å². The highest BCUT2D eigenvalue weighted by Crippen LogP contribution is 2.32. The molecule has 6 nitrogen and oxygen atoms in total. The normalized spacial score (nSPS) is 11.2. The fraction of sp³-hybridized carbons (Fsp3) is 0.118. The number of aliphatic hydroxyl groups excluding tert-OH is 1. The Morgan fingerprint density at radius 2 is 2.08 bits per heavy atom. The van der Waals surface area contributed by atoms with Gasteiger partial charge in [-0.1, -0.05) is 23.7 Å². The highest BCUT2D eigenvalue weighted by molar-refractivity contribution is 6.30. The summed E-state index contributed by atoms with van der Waals surface area (Å²) < 4.78 is 5.79. The van der Waals surface area contributed by atoms with E-state index in [1.165, 1.54) is 0 Å². The van der Waals surface area contributed by atoms with Gasteiger partial charge in [0, 0.05) is 23.3 Å². The van der Waals surface area contributed by atoms with Gasteiger partial charge in [-0.3, -0.25) is 0 Å². The topological polar surface area (TPSA) is 84.1 Å². The molecule has 0 unspecified atom stereocenters. The summed E-state index contributed by atoms with van der Waals surface area (Å²) in [7, 11) is 0. The third kappa shape index (κ3) is 2.55. The molecule has 0 amide bonds. The fourth-order valence-corrected chi connectivity index (χ4v) is 2.72. The Balaban J connectivity index is 1.99. The molecule has 0 fully saturated rings. The largest absolute Gasteiger partial charge is 0.432 e. The molecule has 4 aromatic rings. The molecule has 3 heterocycles. The van der Waals surface area contributed by atoms with E-state index < -0.39 is 0 Å². The summed E-state index contributed by atoms with van der Waals surface area (Å²) in [5, 5.41) is 13.6. The predicted molar refractivity (Wildman–Crippen MR) is 93.1 cm³/mol. The van der Waals surface area contributed by atoms with Gasteiger partial charge in [-0.25, -0.2) is 15.0 Å². The van der Waals surface area contributed by atoms with Crippen molar-refractivity contribution in [3.8, 4) is 11.4 Å². The van der Waals surface area contributed by atoms with E-state index in [4.69, 9.17) is 21.1 Å². The zero-order valence-corrected chi connectivity index (χ0v) is 13.3. The van der Waals surface area contributed by atoms with Gasteiger partial charge in [-0.05, 0) is 24.3 Å². The SMILES string of the molecule is OCCNc1nc(-c2cccc(Cl)c2)nc2c1oc1ncccc12. The number of anilines is 1. The molecule has 0 saturated carbocycles. The Morgan fingerprint density at radius 1 is 1.17 bits per heavy atom. The van der Waals surface area contributed by atoms with E-state index in [0.717, 1.165) is 10.9 Å². The second-order valence-electron chi connectivity index (χ2n) is 5.19. The van der Waals surface area contributed by atoms with Gasteiger partial charge < -0.3 is 14.8 Å². The van der Waals surface area contributed by atoms with Crippen molar-refractivity contribution in [1.29, 1.82) is 0 Å². The molecule has 0 radical (unpaired) electrons. The van der Waals surface area contributed by atoms with Crippen LogP contribution >= 0.6 is 11.6 Å². The molecule has 0 spiro atoms. The molecule has 0 aliphatic rings. The molecular formula is C17H13ClN4O2. The molecule has 4 rings (SSSR count). The minimum absolute atomic E-state index is 0.0174. The number of nitrogens with zero attached hydrogens (tertiary/aromatic N) is 3. The Hall–Kier alpha value is -2.70. The van der Waals surface area contributed by atoms with Crippen LogP contribution in [0.4, 0.5) is 5.82 Å². The van der Waals surface area contributed by atoms with Crippen molar-refractivity contribution in [1.82, 2.24) is 15.0 Å². The van der Waals surface area contributed by atoms with Crippen LogP contribution in [0.5, 0.6) is 0 Å². The summed E-state index contributed by atoms with van der Waals surface area (Å²) in [5.74, 6) is 1.04. The number of aliphatic hydroxyl groups is 1. The second-order valence-corrected chi connectivity index (χ2v) is 5.63. The third-order valence-electron chi connectivity index (χ3n) is 3.58. The van der Waals surface area contributed by atoms with Crippen LogP contribution in [-0.2, 0) is 0 Å². The lowest BCUT2D eigenvalue weighted by molar-refractivity contribution is 0.311. The lowest BCUT2D eigenvalue weighted by atomic mass is 10.2. The van der Waals surface area contributed by atoms with Crippen LogP contribution in [0.25, 0.3) is 33.6 Å².